The van der Waals surface area contributed by atoms with E-state index in [0.29, 0.717) is 5.92 Å². The molecule has 4 aliphatic rings. The quantitative estimate of drug-likeness (QED) is 0.173. The van der Waals surface area contributed by atoms with Crippen LogP contribution in [-0.2, 0) is 11.8 Å². The molecule has 2 heteroatoms. The topological polar surface area (TPSA) is 12.0 Å². The Bertz CT molecular complexity index is 2820. The SMILES string of the molecule is Cc1cc(-c2cccc3c2Nc2ccccc2C32c3ccccc3-c3ccccc32)c2c(c1)C1Cc3cc4ccccc4cc3-c3cccc(c31)B2. The summed E-state index contributed by atoms with van der Waals surface area (Å²) < 4.78 is 0. The van der Waals surface area contributed by atoms with E-state index in [0.717, 1.165) is 13.7 Å². The maximum atomic E-state index is 4.04. The third-order valence-corrected chi connectivity index (χ3v) is 12.7. The predicted octanol–water partition coefficient (Wildman–Crippen LogP) is 10.3. The number of rotatable bonds is 1. The van der Waals surface area contributed by atoms with Crippen LogP contribution in [-0.4, -0.2) is 7.28 Å². The number of anilines is 2. The Balaban J connectivity index is 1.10. The van der Waals surface area contributed by atoms with Gasteiger partial charge in [0, 0.05) is 17.2 Å². The van der Waals surface area contributed by atoms with E-state index in [9.17, 15) is 0 Å². The Kier molecular flexibility index (Phi) is 5.62. The van der Waals surface area contributed by atoms with Gasteiger partial charge in [-0.2, -0.15) is 0 Å². The first-order valence-corrected chi connectivity index (χ1v) is 18.7. The lowest BCUT2D eigenvalue weighted by molar-refractivity contribution is 0.763. The molecule has 0 amide bonds. The maximum absolute atomic E-state index is 4.04. The first kappa shape index (κ1) is 28.6. The van der Waals surface area contributed by atoms with E-state index in [2.05, 4.69) is 170 Å². The molecule has 0 radical (unpaired) electrons. The highest BCUT2D eigenvalue weighted by Crippen LogP contribution is 2.62. The van der Waals surface area contributed by atoms with E-state index in [1.54, 1.807) is 0 Å². The monoisotopic (exact) mass is 659 g/mol. The van der Waals surface area contributed by atoms with Gasteiger partial charge in [-0.15, -0.1) is 0 Å². The van der Waals surface area contributed by atoms with Crippen LogP contribution in [0.15, 0.2) is 158 Å². The molecule has 0 fully saturated rings. The Morgan fingerprint density at radius 2 is 1.17 bits per heavy atom. The molecule has 0 saturated heterocycles. The third-order valence-electron chi connectivity index (χ3n) is 12.7. The zero-order valence-electron chi connectivity index (χ0n) is 29.0. The normalized spacial score (nSPS) is 16.0. The van der Waals surface area contributed by atoms with Gasteiger partial charge in [0.05, 0.1) is 11.1 Å². The van der Waals surface area contributed by atoms with Gasteiger partial charge in [-0.3, -0.25) is 0 Å². The molecule has 1 nitrogen and oxygen atoms in total. The molecule has 0 saturated carbocycles. The predicted molar refractivity (Wildman–Crippen MR) is 219 cm³/mol. The highest BCUT2D eigenvalue weighted by Gasteiger charge is 2.50. The summed E-state index contributed by atoms with van der Waals surface area (Å²) >= 11 is 0. The van der Waals surface area contributed by atoms with Gasteiger partial charge in [0.2, 0.25) is 0 Å². The van der Waals surface area contributed by atoms with Gasteiger partial charge in [-0.1, -0.05) is 162 Å². The fraction of sp³-hybridized carbons (Fsp3) is 0.0800. The van der Waals surface area contributed by atoms with Gasteiger partial charge in [-0.05, 0) is 103 Å². The Hall–Kier alpha value is -6.12. The Labute approximate surface area is 304 Å². The van der Waals surface area contributed by atoms with Crippen molar-refractivity contribution >= 4 is 40.4 Å². The Morgan fingerprint density at radius 1 is 0.538 bits per heavy atom. The van der Waals surface area contributed by atoms with E-state index in [1.807, 2.05) is 0 Å². The molecule has 1 unspecified atom stereocenters. The zero-order chi connectivity index (χ0) is 34.1. The number of aryl methyl sites for hydroxylation is 1. The van der Waals surface area contributed by atoms with Crippen LogP contribution in [0.25, 0.3) is 44.2 Å². The summed E-state index contributed by atoms with van der Waals surface area (Å²) in [5.74, 6) is 0.329. The fourth-order valence-electron chi connectivity index (χ4n) is 10.7. The maximum Gasteiger partial charge on any atom is 0.193 e. The van der Waals surface area contributed by atoms with Crippen LogP contribution in [0.1, 0.15) is 50.4 Å². The Morgan fingerprint density at radius 3 is 1.98 bits per heavy atom. The first-order chi connectivity index (χ1) is 25.7. The second-order valence-electron chi connectivity index (χ2n) is 15.3. The van der Waals surface area contributed by atoms with Crippen LogP contribution in [0, 0.1) is 6.92 Å². The number of para-hydroxylation sites is 2. The second-order valence-corrected chi connectivity index (χ2v) is 15.3. The van der Waals surface area contributed by atoms with Crippen molar-refractivity contribution in [2.75, 3.05) is 5.32 Å². The molecule has 0 aromatic heterocycles. The fourth-order valence-corrected chi connectivity index (χ4v) is 10.7. The lowest BCUT2D eigenvalue weighted by Gasteiger charge is -2.41. The molecule has 8 aromatic carbocycles. The molecule has 2 aliphatic carbocycles. The molecule has 242 valence electrons. The number of hydrogen-bond acceptors (Lipinski definition) is 1. The molecule has 0 bridgehead atoms. The summed E-state index contributed by atoms with van der Waals surface area (Å²) in [6.45, 7) is 2.29. The number of fused-ring (bicyclic) bond motifs is 14. The summed E-state index contributed by atoms with van der Waals surface area (Å²) in [4.78, 5) is 0. The van der Waals surface area contributed by atoms with E-state index in [1.165, 1.54) is 111 Å². The summed E-state index contributed by atoms with van der Waals surface area (Å²) in [6, 6.07) is 59.9. The lowest BCUT2D eigenvalue weighted by atomic mass is 9.50. The molecule has 12 rings (SSSR count). The van der Waals surface area contributed by atoms with Crippen molar-refractivity contribution in [2.45, 2.75) is 24.7 Å². The summed E-state index contributed by atoms with van der Waals surface area (Å²) in [6.07, 6.45) is 1.02. The second kappa shape index (κ2) is 10.2. The number of hydrogen-bond donors (Lipinski definition) is 1. The molecular weight excluding hydrogens is 625 g/mol. The minimum atomic E-state index is -0.415. The van der Waals surface area contributed by atoms with Gasteiger partial charge in [0.15, 0.2) is 7.28 Å². The van der Waals surface area contributed by atoms with Crippen molar-refractivity contribution in [3.63, 3.8) is 0 Å². The van der Waals surface area contributed by atoms with Crippen LogP contribution < -0.4 is 16.2 Å². The van der Waals surface area contributed by atoms with Gasteiger partial charge in [0.25, 0.3) is 0 Å². The van der Waals surface area contributed by atoms with Crippen molar-refractivity contribution in [3.8, 4) is 33.4 Å². The van der Waals surface area contributed by atoms with Crippen molar-refractivity contribution in [1.29, 1.82) is 0 Å². The van der Waals surface area contributed by atoms with Crippen molar-refractivity contribution < 1.29 is 0 Å². The largest absolute Gasteiger partial charge is 0.354 e. The average Bonchev–Trinajstić information content (AvgIpc) is 3.48. The van der Waals surface area contributed by atoms with Gasteiger partial charge in [-0.25, -0.2) is 0 Å². The van der Waals surface area contributed by atoms with Crippen LogP contribution in [0.5, 0.6) is 0 Å². The van der Waals surface area contributed by atoms with Crippen LogP contribution in [0.3, 0.4) is 0 Å². The molecule has 1 atom stereocenters. The van der Waals surface area contributed by atoms with E-state index >= 15 is 0 Å². The van der Waals surface area contributed by atoms with Gasteiger partial charge in [0.1, 0.15) is 0 Å². The van der Waals surface area contributed by atoms with E-state index < -0.39 is 5.41 Å². The summed E-state index contributed by atoms with van der Waals surface area (Å²) in [7, 11) is 0.935. The summed E-state index contributed by atoms with van der Waals surface area (Å²) in [5.41, 5.74) is 24.2. The lowest BCUT2D eigenvalue weighted by Crippen LogP contribution is -2.42. The number of nitrogens with one attached hydrogen (secondary N) is 1. The van der Waals surface area contributed by atoms with Gasteiger partial charge < -0.3 is 5.32 Å². The molecule has 1 spiro atoms. The number of benzene rings is 8. The highest BCUT2D eigenvalue weighted by atomic mass is 14.9. The van der Waals surface area contributed by atoms with Crippen molar-refractivity contribution in [2.24, 2.45) is 0 Å². The van der Waals surface area contributed by atoms with Crippen LogP contribution >= 0.6 is 0 Å². The molecule has 1 N–H and O–H groups in total. The summed E-state index contributed by atoms with van der Waals surface area (Å²) in [5, 5.41) is 6.69. The minimum absolute atomic E-state index is 0.329. The molecule has 52 heavy (non-hydrogen) atoms. The van der Waals surface area contributed by atoms with E-state index in [4.69, 9.17) is 0 Å². The molecular formula is C50H34BN. The van der Waals surface area contributed by atoms with Crippen molar-refractivity contribution in [1.82, 2.24) is 0 Å². The average molecular weight is 660 g/mol. The van der Waals surface area contributed by atoms with Crippen LogP contribution in [0.4, 0.5) is 11.4 Å². The first-order valence-electron chi connectivity index (χ1n) is 18.7. The smallest absolute Gasteiger partial charge is 0.193 e. The minimum Gasteiger partial charge on any atom is -0.354 e. The van der Waals surface area contributed by atoms with Crippen molar-refractivity contribution in [3.05, 3.63) is 202 Å². The molecule has 2 heterocycles. The van der Waals surface area contributed by atoms with Crippen LogP contribution in [0.2, 0.25) is 0 Å². The van der Waals surface area contributed by atoms with Gasteiger partial charge >= 0.3 is 0 Å². The molecule has 8 aromatic rings. The van der Waals surface area contributed by atoms with E-state index in [-0.39, 0.29) is 0 Å². The zero-order valence-corrected chi connectivity index (χ0v) is 29.0. The highest BCUT2D eigenvalue weighted by molar-refractivity contribution is 6.70. The standard InChI is InChI=1S/C50H34BN/c1-29-24-39(48-40(25-29)38-28-32-26-30-12-2-3-13-31(30)27-37(32)35-16-11-22-45(51-48)47(35)38)36-17-10-21-44-49(36)52-46-23-9-8-20-43(46)50(44)41-18-6-4-14-33(41)34-15-5-7-19-42(34)50/h2-27,38,51-52H,28H2,1H3. The molecule has 2 aliphatic heterocycles. The third kappa shape index (κ3) is 3.59.